The highest BCUT2D eigenvalue weighted by molar-refractivity contribution is 9.10. The SMILES string of the molecule is COC(=O)c1cc(Br)c(NC(C)=O)c(N)c1OC. The molecule has 1 rings (SSSR count). The van der Waals surface area contributed by atoms with Crippen molar-refractivity contribution in [1.29, 1.82) is 0 Å². The topological polar surface area (TPSA) is 90.7 Å². The van der Waals surface area contributed by atoms with Gasteiger partial charge in [0.15, 0.2) is 5.75 Å². The van der Waals surface area contributed by atoms with E-state index in [4.69, 9.17) is 10.5 Å². The second-order valence-corrected chi connectivity index (χ2v) is 4.25. The number of nitrogens with one attached hydrogen (secondary N) is 1. The number of amides is 1. The number of nitrogens with two attached hydrogens (primary N) is 1. The molecule has 0 fully saturated rings. The Morgan fingerprint density at radius 1 is 1.39 bits per heavy atom. The molecule has 6 nitrogen and oxygen atoms in total. The number of nitrogen functional groups attached to an aromatic ring is 1. The molecule has 0 aliphatic carbocycles. The van der Waals surface area contributed by atoms with Crippen molar-refractivity contribution in [2.45, 2.75) is 6.92 Å². The summed E-state index contributed by atoms with van der Waals surface area (Å²) < 4.78 is 10.2. The number of hydrogen-bond acceptors (Lipinski definition) is 5. The van der Waals surface area contributed by atoms with Crippen molar-refractivity contribution in [3.05, 3.63) is 16.1 Å². The Morgan fingerprint density at radius 3 is 2.44 bits per heavy atom. The van der Waals surface area contributed by atoms with E-state index in [0.717, 1.165) is 0 Å². The monoisotopic (exact) mass is 316 g/mol. The van der Waals surface area contributed by atoms with E-state index in [1.54, 1.807) is 0 Å². The quantitative estimate of drug-likeness (QED) is 0.655. The van der Waals surface area contributed by atoms with Crippen LogP contribution in [0.15, 0.2) is 10.5 Å². The average Bonchev–Trinajstić information content (AvgIpc) is 2.32. The van der Waals surface area contributed by atoms with Crippen LogP contribution in [0.2, 0.25) is 0 Å². The number of hydrogen-bond donors (Lipinski definition) is 2. The summed E-state index contributed by atoms with van der Waals surface area (Å²) in [5.74, 6) is -0.697. The molecule has 18 heavy (non-hydrogen) atoms. The summed E-state index contributed by atoms with van der Waals surface area (Å²) in [5.41, 5.74) is 6.55. The van der Waals surface area contributed by atoms with E-state index in [-0.39, 0.29) is 22.9 Å². The Hall–Kier alpha value is -1.76. The molecule has 0 saturated heterocycles. The lowest BCUT2D eigenvalue weighted by atomic mass is 10.1. The summed E-state index contributed by atoms with van der Waals surface area (Å²) >= 11 is 3.23. The number of rotatable bonds is 3. The molecule has 0 saturated carbocycles. The third kappa shape index (κ3) is 2.73. The van der Waals surface area contributed by atoms with Crippen LogP contribution in [0.25, 0.3) is 0 Å². The molecule has 1 aromatic rings. The lowest BCUT2D eigenvalue weighted by Gasteiger charge is -2.15. The molecule has 0 radical (unpaired) electrons. The average molecular weight is 317 g/mol. The van der Waals surface area contributed by atoms with Gasteiger partial charge < -0.3 is 20.5 Å². The van der Waals surface area contributed by atoms with Gasteiger partial charge in [-0.25, -0.2) is 4.79 Å². The largest absolute Gasteiger partial charge is 0.494 e. The summed E-state index contributed by atoms with van der Waals surface area (Å²) in [7, 11) is 2.64. The first-order chi connectivity index (χ1) is 8.42. The second-order valence-electron chi connectivity index (χ2n) is 3.40. The van der Waals surface area contributed by atoms with E-state index in [2.05, 4.69) is 26.0 Å². The fraction of sp³-hybridized carbons (Fsp3) is 0.273. The minimum Gasteiger partial charge on any atom is -0.494 e. The zero-order chi connectivity index (χ0) is 13.9. The van der Waals surface area contributed by atoms with E-state index < -0.39 is 5.97 Å². The van der Waals surface area contributed by atoms with Gasteiger partial charge in [-0.2, -0.15) is 0 Å². The first-order valence-corrected chi connectivity index (χ1v) is 5.73. The predicted octanol–water partition coefficient (Wildman–Crippen LogP) is 1.78. The number of carbonyl (C=O) groups is 2. The molecule has 1 aromatic carbocycles. The Labute approximate surface area is 113 Å². The van der Waals surface area contributed by atoms with Gasteiger partial charge in [0.05, 0.1) is 19.9 Å². The smallest absolute Gasteiger partial charge is 0.341 e. The molecule has 0 unspecified atom stereocenters. The van der Waals surface area contributed by atoms with E-state index in [1.807, 2.05) is 0 Å². The van der Waals surface area contributed by atoms with Crippen LogP contribution < -0.4 is 15.8 Å². The van der Waals surface area contributed by atoms with Crippen molar-refractivity contribution in [3.63, 3.8) is 0 Å². The third-order valence-electron chi connectivity index (χ3n) is 2.18. The minimum atomic E-state index is -0.575. The van der Waals surface area contributed by atoms with Gasteiger partial charge in [-0.05, 0) is 22.0 Å². The molecule has 0 aliphatic rings. The van der Waals surface area contributed by atoms with Gasteiger partial charge in [-0.15, -0.1) is 0 Å². The van der Waals surface area contributed by atoms with E-state index >= 15 is 0 Å². The molecule has 0 aliphatic heterocycles. The molecule has 0 bridgehead atoms. The van der Waals surface area contributed by atoms with Crippen LogP contribution in [-0.4, -0.2) is 26.1 Å². The molecule has 0 heterocycles. The highest BCUT2D eigenvalue weighted by Gasteiger charge is 2.21. The number of halogens is 1. The Morgan fingerprint density at radius 2 is 2.00 bits per heavy atom. The van der Waals surface area contributed by atoms with Crippen LogP contribution in [0.5, 0.6) is 5.75 Å². The fourth-order valence-corrected chi connectivity index (χ4v) is 1.98. The molecular weight excluding hydrogens is 304 g/mol. The molecule has 0 spiro atoms. The maximum atomic E-state index is 11.6. The second kappa shape index (κ2) is 5.72. The molecule has 7 heteroatoms. The summed E-state index contributed by atoms with van der Waals surface area (Å²) in [6.45, 7) is 1.35. The first kappa shape index (κ1) is 14.3. The molecular formula is C11H13BrN2O4. The molecule has 0 aromatic heterocycles. The number of anilines is 2. The molecule has 98 valence electrons. The van der Waals surface area contributed by atoms with Crippen LogP contribution in [-0.2, 0) is 9.53 Å². The fourth-order valence-electron chi connectivity index (χ4n) is 1.44. The number of methoxy groups -OCH3 is 2. The number of benzene rings is 1. The number of esters is 1. The Balaban J connectivity index is 3.44. The Kier molecular flexibility index (Phi) is 4.55. The van der Waals surface area contributed by atoms with Crippen LogP contribution in [0.4, 0.5) is 11.4 Å². The van der Waals surface area contributed by atoms with E-state index in [9.17, 15) is 9.59 Å². The highest BCUT2D eigenvalue weighted by atomic mass is 79.9. The number of carbonyl (C=O) groups excluding carboxylic acids is 2. The van der Waals surface area contributed by atoms with Gasteiger partial charge in [0.2, 0.25) is 5.91 Å². The first-order valence-electron chi connectivity index (χ1n) is 4.94. The van der Waals surface area contributed by atoms with Crippen molar-refractivity contribution in [2.75, 3.05) is 25.3 Å². The zero-order valence-electron chi connectivity index (χ0n) is 10.2. The van der Waals surface area contributed by atoms with Crippen molar-refractivity contribution in [1.82, 2.24) is 0 Å². The lowest BCUT2D eigenvalue weighted by Crippen LogP contribution is -2.12. The third-order valence-corrected chi connectivity index (χ3v) is 2.80. The zero-order valence-corrected chi connectivity index (χ0v) is 11.8. The van der Waals surface area contributed by atoms with Crippen LogP contribution in [0, 0.1) is 0 Å². The predicted molar refractivity (Wildman–Crippen MR) is 70.7 cm³/mol. The van der Waals surface area contributed by atoms with Gasteiger partial charge in [-0.3, -0.25) is 4.79 Å². The number of ether oxygens (including phenoxy) is 2. The van der Waals surface area contributed by atoms with E-state index in [0.29, 0.717) is 10.2 Å². The van der Waals surface area contributed by atoms with Crippen LogP contribution >= 0.6 is 15.9 Å². The summed E-state index contributed by atoms with van der Waals surface area (Å²) in [6.07, 6.45) is 0. The molecule has 1 amide bonds. The maximum absolute atomic E-state index is 11.6. The van der Waals surface area contributed by atoms with Crippen LogP contribution in [0.3, 0.4) is 0 Å². The standard InChI is InChI=1S/C11H13BrN2O4/c1-5(15)14-9-7(12)4-6(11(16)18-3)10(17-2)8(9)13/h4H,13H2,1-3H3,(H,14,15). The Bertz CT molecular complexity index is 502. The van der Waals surface area contributed by atoms with E-state index in [1.165, 1.54) is 27.2 Å². The minimum absolute atomic E-state index is 0.155. The van der Waals surface area contributed by atoms with Gasteiger partial charge in [-0.1, -0.05) is 0 Å². The maximum Gasteiger partial charge on any atom is 0.341 e. The molecule has 0 atom stereocenters. The van der Waals surface area contributed by atoms with Gasteiger partial charge >= 0.3 is 5.97 Å². The summed E-state index contributed by atoms with van der Waals surface area (Å²) in [6, 6.07) is 1.48. The normalized spacial score (nSPS) is 9.78. The van der Waals surface area contributed by atoms with Crippen molar-refractivity contribution >= 4 is 39.2 Å². The van der Waals surface area contributed by atoms with Crippen molar-refractivity contribution < 1.29 is 19.1 Å². The summed E-state index contributed by atoms with van der Waals surface area (Å²) in [5, 5.41) is 2.56. The summed E-state index contributed by atoms with van der Waals surface area (Å²) in [4.78, 5) is 22.6. The highest BCUT2D eigenvalue weighted by Crippen LogP contribution is 2.39. The van der Waals surface area contributed by atoms with Gasteiger partial charge in [0.1, 0.15) is 11.3 Å². The van der Waals surface area contributed by atoms with Gasteiger partial charge in [0, 0.05) is 11.4 Å². The van der Waals surface area contributed by atoms with Crippen LogP contribution in [0.1, 0.15) is 17.3 Å². The van der Waals surface area contributed by atoms with Crippen molar-refractivity contribution in [2.24, 2.45) is 0 Å². The lowest BCUT2D eigenvalue weighted by molar-refractivity contribution is -0.114. The molecule has 3 N–H and O–H groups in total. The van der Waals surface area contributed by atoms with Gasteiger partial charge in [0.25, 0.3) is 0 Å². The van der Waals surface area contributed by atoms with Crippen molar-refractivity contribution in [3.8, 4) is 5.75 Å².